The van der Waals surface area contributed by atoms with Crippen molar-refractivity contribution < 1.29 is 5.11 Å². The first-order valence-electron chi connectivity index (χ1n) is 7.04. The minimum absolute atomic E-state index is 0.284. The third-order valence-electron chi connectivity index (χ3n) is 4.54. The number of rotatable bonds is 5. The summed E-state index contributed by atoms with van der Waals surface area (Å²) in [6.45, 7) is 7.63. The Labute approximate surface area is 105 Å². The number of piperazine rings is 1. The highest BCUT2D eigenvalue weighted by Gasteiger charge is 2.34. The van der Waals surface area contributed by atoms with E-state index in [1.165, 1.54) is 32.2 Å². The van der Waals surface area contributed by atoms with Crippen LogP contribution in [0.2, 0.25) is 0 Å². The molecule has 3 N–H and O–H groups in total. The van der Waals surface area contributed by atoms with Crippen molar-refractivity contribution in [1.29, 1.82) is 0 Å². The number of nitrogens with zero attached hydrogens (tertiary/aromatic N) is 2. The van der Waals surface area contributed by atoms with Gasteiger partial charge in [-0.3, -0.25) is 4.90 Å². The van der Waals surface area contributed by atoms with Gasteiger partial charge >= 0.3 is 0 Å². The van der Waals surface area contributed by atoms with E-state index in [2.05, 4.69) is 9.80 Å². The second-order valence-corrected chi connectivity index (χ2v) is 5.75. The van der Waals surface area contributed by atoms with E-state index in [0.29, 0.717) is 5.41 Å². The fourth-order valence-corrected chi connectivity index (χ4v) is 3.34. The first-order chi connectivity index (χ1) is 8.28. The van der Waals surface area contributed by atoms with E-state index >= 15 is 0 Å². The normalized spacial score (nSPS) is 26.5. The molecular formula is C13H27N3O. The molecule has 1 aliphatic carbocycles. The molecule has 1 heterocycles. The predicted octanol–water partition coefficient (Wildman–Crippen LogP) is 0.115. The Hall–Kier alpha value is -0.160. The number of hydrogen-bond acceptors (Lipinski definition) is 4. The van der Waals surface area contributed by atoms with E-state index in [-0.39, 0.29) is 6.61 Å². The first-order valence-corrected chi connectivity index (χ1v) is 7.04. The van der Waals surface area contributed by atoms with Crippen LogP contribution in [0.15, 0.2) is 0 Å². The van der Waals surface area contributed by atoms with Crippen molar-refractivity contribution in [3.8, 4) is 0 Å². The van der Waals surface area contributed by atoms with Gasteiger partial charge in [-0.2, -0.15) is 0 Å². The maximum atomic E-state index is 8.92. The molecule has 0 atom stereocenters. The van der Waals surface area contributed by atoms with Gasteiger partial charge in [-0.25, -0.2) is 0 Å². The Balaban J connectivity index is 1.77. The lowest BCUT2D eigenvalue weighted by Gasteiger charge is -2.39. The van der Waals surface area contributed by atoms with Gasteiger partial charge in [0.2, 0.25) is 0 Å². The lowest BCUT2D eigenvalue weighted by molar-refractivity contribution is 0.0789. The molecule has 0 aromatic carbocycles. The van der Waals surface area contributed by atoms with Crippen molar-refractivity contribution in [2.45, 2.75) is 25.7 Å². The number of β-amino-alcohol motifs (C(OH)–C–C–N with tert-alkyl or cyclic N) is 1. The number of aliphatic hydroxyl groups excluding tert-OH is 1. The van der Waals surface area contributed by atoms with Gasteiger partial charge < -0.3 is 15.7 Å². The summed E-state index contributed by atoms with van der Waals surface area (Å²) in [5, 5.41) is 8.92. The van der Waals surface area contributed by atoms with E-state index in [1.807, 2.05) is 0 Å². The highest BCUT2D eigenvalue weighted by Crippen LogP contribution is 2.37. The van der Waals surface area contributed by atoms with Crippen molar-refractivity contribution in [3.63, 3.8) is 0 Å². The molecule has 0 unspecified atom stereocenters. The van der Waals surface area contributed by atoms with E-state index < -0.39 is 0 Å². The van der Waals surface area contributed by atoms with Gasteiger partial charge in [0.15, 0.2) is 0 Å². The maximum Gasteiger partial charge on any atom is 0.0558 e. The van der Waals surface area contributed by atoms with Crippen LogP contribution < -0.4 is 5.73 Å². The van der Waals surface area contributed by atoms with Crippen LogP contribution in [0, 0.1) is 5.41 Å². The maximum absolute atomic E-state index is 8.92. The highest BCUT2D eigenvalue weighted by molar-refractivity contribution is 4.89. The van der Waals surface area contributed by atoms with Crippen molar-refractivity contribution in [2.24, 2.45) is 11.1 Å². The molecule has 0 aromatic heterocycles. The lowest BCUT2D eigenvalue weighted by atomic mass is 9.85. The molecule has 1 saturated heterocycles. The van der Waals surface area contributed by atoms with Crippen molar-refractivity contribution in [3.05, 3.63) is 0 Å². The van der Waals surface area contributed by atoms with Gasteiger partial charge in [-0.1, -0.05) is 12.8 Å². The van der Waals surface area contributed by atoms with Gasteiger partial charge in [0.05, 0.1) is 6.61 Å². The molecule has 2 rings (SSSR count). The van der Waals surface area contributed by atoms with Crippen molar-refractivity contribution in [1.82, 2.24) is 9.80 Å². The molecule has 2 aliphatic rings. The van der Waals surface area contributed by atoms with E-state index in [1.54, 1.807) is 0 Å². The zero-order valence-corrected chi connectivity index (χ0v) is 10.9. The van der Waals surface area contributed by atoms with Gasteiger partial charge in [-0.15, -0.1) is 0 Å². The Kier molecular flexibility index (Phi) is 4.79. The van der Waals surface area contributed by atoms with Gasteiger partial charge in [-0.05, 0) is 24.8 Å². The number of hydrogen-bond donors (Lipinski definition) is 2. The first kappa shape index (κ1) is 13.3. The fourth-order valence-electron chi connectivity index (χ4n) is 3.34. The molecule has 1 aliphatic heterocycles. The highest BCUT2D eigenvalue weighted by atomic mass is 16.3. The third kappa shape index (κ3) is 3.41. The molecule has 100 valence electrons. The molecule has 2 fully saturated rings. The Bertz CT molecular complexity index is 221. The van der Waals surface area contributed by atoms with E-state index in [4.69, 9.17) is 10.8 Å². The van der Waals surface area contributed by atoms with Gasteiger partial charge in [0.25, 0.3) is 0 Å². The van der Waals surface area contributed by atoms with E-state index in [0.717, 1.165) is 39.3 Å². The van der Waals surface area contributed by atoms with Crippen LogP contribution in [-0.2, 0) is 0 Å². The second-order valence-electron chi connectivity index (χ2n) is 5.75. The van der Waals surface area contributed by atoms with Crippen LogP contribution in [0.1, 0.15) is 25.7 Å². The Morgan fingerprint density at radius 1 is 1.00 bits per heavy atom. The second kappa shape index (κ2) is 6.14. The summed E-state index contributed by atoms with van der Waals surface area (Å²) in [6, 6.07) is 0. The standard InChI is InChI=1S/C13H27N3O/c14-11-13(3-1-2-4-13)12-16-7-5-15(6-8-16)9-10-17/h17H,1-12,14H2. The molecule has 0 radical (unpaired) electrons. The average Bonchev–Trinajstić information content (AvgIpc) is 2.81. The summed E-state index contributed by atoms with van der Waals surface area (Å²) in [7, 11) is 0. The average molecular weight is 241 g/mol. The molecule has 0 spiro atoms. The third-order valence-corrected chi connectivity index (χ3v) is 4.54. The molecule has 0 bridgehead atoms. The molecule has 4 heteroatoms. The van der Waals surface area contributed by atoms with Crippen LogP contribution in [0.3, 0.4) is 0 Å². The monoisotopic (exact) mass is 241 g/mol. The van der Waals surface area contributed by atoms with Crippen LogP contribution in [0.4, 0.5) is 0 Å². The largest absolute Gasteiger partial charge is 0.395 e. The summed E-state index contributed by atoms with van der Waals surface area (Å²) in [5.41, 5.74) is 6.41. The smallest absolute Gasteiger partial charge is 0.0558 e. The SMILES string of the molecule is NCC1(CN2CCN(CCO)CC2)CCCC1. The minimum atomic E-state index is 0.284. The summed E-state index contributed by atoms with van der Waals surface area (Å²) in [6.07, 6.45) is 5.37. The van der Waals surface area contributed by atoms with Crippen LogP contribution in [-0.4, -0.2) is 67.3 Å². The lowest BCUT2D eigenvalue weighted by Crippen LogP contribution is -2.51. The number of aliphatic hydroxyl groups is 1. The Morgan fingerprint density at radius 3 is 2.12 bits per heavy atom. The van der Waals surface area contributed by atoms with Gasteiger partial charge in [0, 0.05) is 39.3 Å². The number of nitrogens with two attached hydrogens (primary N) is 1. The van der Waals surface area contributed by atoms with Crippen LogP contribution in [0.5, 0.6) is 0 Å². The minimum Gasteiger partial charge on any atom is -0.395 e. The summed E-state index contributed by atoms with van der Waals surface area (Å²) < 4.78 is 0. The van der Waals surface area contributed by atoms with Crippen molar-refractivity contribution in [2.75, 3.05) is 52.4 Å². The predicted molar refractivity (Wildman–Crippen MR) is 69.9 cm³/mol. The quantitative estimate of drug-likeness (QED) is 0.718. The Morgan fingerprint density at radius 2 is 1.59 bits per heavy atom. The zero-order chi connectivity index (χ0) is 12.1. The van der Waals surface area contributed by atoms with Crippen LogP contribution >= 0.6 is 0 Å². The topological polar surface area (TPSA) is 52.7 Å². The summed E-state index contributed by atoms with van der Waals surface area (Å²) in [5.74, 6) is 0. The summed E-state index contributed by atoms with van der Waals surface area (Å²) in [4.78, 5) is 4.92. The molecule has 0 amide bonds. The zero-order valence-electron chi connectivity index (χ0n) is 10.9. The molecule has 0 aromatic rings. The molecular weight excluding hydrogens is 214 g/mol. The molecule has 17 heavy (non-hydrogen) atoms. The van der Waals surface area contributed by atoms with Crippen LogP contribution in [0.25, 0.3) is 0 Å². The fraction of sp³-hybridized carbons (Fsp3) is 1.00. The molecule has 1 saturated carbocycles. The summed E-state index contributed by atoms with van der Waals surface area (Å²) >= 11 is 0. The van der Waals surface area contributed by atoms with E-state index in [9.17, 15) is 0 Å². The molecule has 4 nitrogen and oxygen atoms in total. The van der Waals surface area contributed by atoms with Crippen molar-refractivity contribution >= 4 is 0 Å². The van der Waals surface area contributed by atoms with Gasteiger partial charge in [0.1, 0.15) is 0 Å².